The third kappa shape index (κ3) is 5.64. The molecule has 0 saturated carbocycles. The predicted molar refractivity (Wildman–Crippen MR) is 110 cm³/mol. The molecule has 0 radical (unpaired) electrons. The second kappa shape index (κ2) is 10.6. The molecular weight excluding hydrogens is 374 g/mol. The molecule has 0 aliphatic carbocycles. The van der Waals surface area contributed by atoms with Crippen LogP contribution in [0.1, 0.15) is 30.2 Å². The molecule has 0 aliphatic rings. The van der Waals surface area contributed by atoms with E-state index in [0.29, 0.717) is 41.5 Å². The fraction of sp³-hybridized carbons (Fsp3) is 0.381. The normalized spacial score (nSPS) is 11.4. The molecule has 1 amide bonds. The third-order valence-corrected chi connectivity index (χ3v) is 5.56. The van der Waals surface area contributed by atoms with Gasteiger partial charge >= 0.3 is 0 Å². The first-order chi connectivity index (χ1) is 13.5. The van der Waals surface area contributed by atoms with E-state index in [9.17, 15) is 10.1 Å². The minimum atomic E-state index is -0.299. The summed E-state index contributed by atoms with van der Waals surface area (Å²) < 4.78 is 10.5. The zero-order valence-electron chi connectivity index (χ0n) is 16.6. The number of carbonyl (C=O) groups excluding carboxylic acids is 1. The molecule has 1 atom stereocenters. The summed E-state index contributed by atoms with van der Waals surface area (Å²) in [6.45, 7) is 4.33. The van der Waals surface area contributed by atoms with Gasteiger partial charge in [0.15, 0.2) is 11.5 Å². The van der Waals surface area contributed by atoms with Crippen molar-refractivity contribution in [2.45, 2.75) is 37.0 Å². The summed E-state index contributed by atoms with van der Waals surface area (Å²) in [7, 11) is 3.20. The number of pyridine rings is 1. The van der Waals surface area contributed by atoms with E-state index in [-0.39, 0.29) is 11.2 Å². The number of nitrogens with zero attached hydrogens (tertiary/aromatic N) is 2. The molecule has 1 aromatic heterocycles. The van der Waals surface area contributed by atoms with E-state index in [2.05, 4.69) is 16.4 Å². The number of nitrogens with one attached hydrogen (secondary N) is 1. The topological polar surface area (TPSA) is 84.2 Å². The molecule has 7 heteroatoms. The number of carbonyl (C=O) groups is 1. The van der Waals surface area contributed by atoms with Crippen molar-refractivity contribution < 1.29 is 14.3 Å². The van der Waals surface area contributed by atoms with Crippen LogP contribution < -0.4 is 14.8 Å². The predicted octanol–water partition coefficient (Wildman–Crippen LogP) is 3.51. The summed E-state index contributed by atoms with van der Waals surface area (Å²) >= 11 is 1.34. The summed E-state index contributed by atoms with van der Waals surface area (Å²) in [5.41, 5.74) is 2.36. The molecule has 148 valence electrons. The van der Waals surface area contributed by atoms with Crippen LogP contribution >= 0.6 is 11.8 Å². The fourth-order valence-electron chi connectivity index (χ4n) is 2.64. The maximum absolute atomic E-state index is 12.6. The quantitative estimate of drug-likeness (QED) is 0.650. The van der Waals surface area contributed by atoms with Gasteiger partial charge in [0.2, 0.25) is 5.91 Å². The molecule has 0 bridgehead atoms. The largest absolute Gasteiger partial charge is 0.493 e. The Morgan fingerprint density at radius 1 is 1.25 bits per heavy atom. The lowest BCUT2D eigenvalue weighted by molar-refractivity contribution is -0.120. The van der Waals surface area contributed by atoms with E-state index in [1.807, 2.05) is 32.0 Å². The van der Waals surface area contributed by atoms with E-state index < -0.39 is 0 Å². The number of nitriles is 1. The van der Waals surface area contributed by atoms with Gasteiger partial charge in [0.25, 0.3) is 0 Å². The van der Waals surface area contributed by atoms with Crippen LogP contribution in [0.2, 0.25) is 0 Å². The smallest absolute Gasteiger partial charge is 0.233 e. The Balaban J connectivity index is 1.96. The van der Waals surface area contributed by atoms with Gasteiger partial charge in [0.1, 0.15) is 11.1 Å². The van der Waals surface area contributed by atoms with Crippen LogP contribution in [-0.4, -0.2) is 36.9 Å². The highest BCUT2D eigenvalue weighted by Gasteiger charge is 2.20. The molecule has 28 heavy (non-hydrogen) atoms. The lowest BCUT2D eigenvalue weighted by Crippen LogP contribution is -2.33. The Labute approximate surface area is 170 Å². The molecule has 1 heterocycles. The number of aromatic nitrogens is 1. The van der Waals surface area contributed by atoms with Gasteiger partial charge in [-0.15, -0.1) is 0 Å². The van der Waals surface area contributed by atoms with Crippen LogP contribution in [0.25, 0.3) is 0 Å². The first-order valence-corrected chi connectivity index (χ1v) is 9.93. The van der Waals surface area contributed by atoms with Crippen LogP contribution in [0.3, 0.4) is 0 Å². The molecule has 1 aromatic carbocycles. The van der Waals surface area contributed by atoms with Gasteiger partial charge in [-0.25, -0.2) is 4.98 Å². The van der Waals surface area contributed by atoms with Crippen LogP contribution in [0.5, 0.6) is 11.5 Å². The van der Waals surface area contributed by atoms with Gasteiger partial charge in [-0.2, -0.15) is 5.26 Å². The number of aryl methyl sites for hydroxylation is 1. The molecule has 0 fully saturated rings. The molecular formula is C21H25N3O3S. The average Bonchev–Trinajstić information content (AvgIpc) is 2.71. The van der Waals surface area contributed by atoms with E-state index >= 15 is 0 Å². The van der Waals surface area contributed by atoms with E-state index in [1.165, 1.54) is 11.8 Å². The third-order valence-electron chi connectivity index (χ3n) is 4.20. The highest BCUT2D eigenvalue weighted by Crippen LogP contribution is 2.28. The Hall–Kier alpha value is -2.72. The van der Waals surface area contributed by atoms with Crippen molar-refractivity contribution in [1.29, 1.82) is 5.26 Å². The molecule has 0 saturated heterocycles. The highest BCUT2D eigenvalue weighted by atomic mass is 32.2. The summed E-state index contributed by atoms with van der Waals surface area (Å²) in [5.74, 6) is 1.29. The average molecular weight is 400 g/mol. The second-order valence-corrected chi connectivity index (χ2v) is 7.35. The van der Waals surface area contributed by atoms with Crippen molar-refractivity contribution >= 4 is 17.7 Å². The van der Waals surface area contributed by atoms with Gasteiger partial charge in [0, 0.05) is 12.2 Å². The van der Waals surface area contributed by atoms with Gasteiger partial charge < -0.3 is 14.8 Å². The zero-order chi connectivity index (χ0) is 20.5. The lowest BCUT2D eigenvalue weighted by atomic mass is 10.1. The molecule has 1 unspecified atom stereocenters. The summed E-state index contributed by atoms with van der Waals surface area (Å²) in [6.07, 6.45) is 1.33. The number of ether oxygens (including phenoxy) is 2. The van der Waals surface area contributed by atoms with Crippen LogP contribution in [0, 0.1) is 18.3 Å². The summed E-state index contributed by atoms with van der Waals surface area (Å²) in [4.78, 5) is 17.0. The van der Waals surface area contributed by atoms with Crippen molar-refractivity contribution in [1.82, 2.24) is 10.3 Å². The Kier molecular flexibility index (Phi) is 8.15. The van der Waals surface area contributed by atoms with Crippen molar-refractivity contribution in [2.24, 2.45) is 0 Å². The van der Waals surface area contributed by atoms with Gasteiger partial charge in [-0.05, 0) is 49.6 Å². The Morgan fingerprint density at radius 3 is 2.64 bits per heavy atom. The molecule has 6 nitrogen and oxygen atoms in total. The maximum Gasteiger partial charge on any atom is 0.233 e. The molecule has 2 aromatic rings. The van der Waals surface area contributed by atoms with Crippen molar-refractivity contribution in [3.05, 3.63) is 47.2 Å². The van der Waals surface area contributed by atoms with E-state index in [1.54, 1.807) is 26.4 Å². The fourth-order valence-corrected chi connectivity index (χ4v) is 3.71. The number of methoxy groups -OCH3 is 2. The Morgan fingerprint density at radius 2 is 2.00 bits per heavy atom. The lowest BCUT2D eigenvalue weighted by Gasteiger charge is -2.15. The number of thioether (sulfide) groups is 1. The van der Waals surface area contributed by atoms with Gasteiger partial charge in [-0.1, -0.05) is 24.8 Å². The Bertz CT molecular complexity index is 864. The second-order valence-electron chi connectivity index (χ2n) is 6.16. The first kappa shape index (κ1) is 21.6. The minimum absolute atomic E-state index is 0.0554. The summed E-state index contributed by atoms with van der Waals surface area (Å²) in [6, 6.07) is 11.4. The van der Waals surface area contributed by atoms with Gasteiger partial charge in [0.05, 0.1) is 25.0 Å². The molecule has 0 aliphatic heterocycles. The van der Waals surface area contributed by atoms with Crippen molar-refractivity contribution in [2.75, 3.05) is 20.8 Å². The molecule has 2 rings (SSSR count). The number of hydrogen-bond acceptors (Lipinski definition) is 6. The monoisotopic (exact) mass is 399 g/mol. The SMILES string of the molecule is CCC(Sc1nc(C)ccc1C#N)C(=O)NCCc1ccc(OC)c(OC)c1. The molecule has 1 N–H and O–H groups in total. The number of benzene rings is 1. The van der Waals surface area contributed by atoms with Gasteiger partial charge in [-0.3, -0.25) is 4.79 Å². The molecule has 0 spiro atoms. The summed E-state index contributed by atoms with van der Waals surface area (Å²) in [5, 5.41) is 12.5. The highest BCUT2D eigenvalue weighted by molar-refractivity contribution is 8.00. The van der Waals surface area contributed by atoms with Crippen LogP contribution in [-0.2, 0) is 11.2 Å². The van der Waals surface area contributed by atoms with Crippen LogP contribution in [0.4, 0.5) is 0 Å². The number of hydrogen-bond donors (Lipinski definition) is 1. The first-order valence-electron chi connectivity index (χ1n) is 9.05. The van der Waals surface area contributed by atoms with Crippen molar-refractivity contribution in [3.63, 3.8) is 0 Å². The standard InChI is InChI=1S/C21H25N3O3S/c1-5-19(28-21-16(13-22)8-6-14(2)24-21)20(25)23-11-10-15-7-9-17(26-3)18(12-15)27-4/h6-9,12,19H,5,10-11H2,1-4H3,(H,23,25). The number of amides is 1. The van der Waals surface area contributed by atoms with Crippen molar-refractivity contribution in [3.8, 4) is 17.6 Å². The number of rotatable bonds is 9. The van der Waals surface area contributed by atoms with E-state index in [4.69, 9.17) is 9.47 Å². The zero-order valence-corrected chi connectivity index (χ0v) is 17.4. The maximum atomic E-state index is 12.6. The van der Waals surface area contributed by atoms with E-state index in [0.717, 1.165) is 11.3 Å². The minimum Gasteiger partial charge on any atom is -0.493 e. The van der Waals surface area contributed by atoms with Crippen LogP contribution in [0.15, 0.2) is 35.4 Å².